The quantitative estimate of drug-likeness (QED) is 0.656. The molecule has 0 aromatic heterocycles. The molecule has 13 heavy (non-hydrogen) atoms. The van der Waals surface area contributed by atoms with E-state index >= 15 is 0 Å². The maximum Gasteiger partial charge on any atom is 0.208 e. The lowest BCUT2D eigenvalue weighted by Gasteiger charge is -2.04. The van der Waals surface area contributed by atoms with E-state index in [4.69, 9.17) is 4.74 Å². The molecule has 2 heteroatoms. The van der Waals surface area contributed by atoms with E-state index in [1.54, 1.807) is 0 Å². The Morgan fingerprint density at radius 3 is 2.85 bits per heavy atom. The fourth-order valence-electron chi connectivity index (χ4n) is 1.49. The van der Waals surface area contributed by atoms with Crippen LogP contribution in [0.3, 0.4) is 0 Å². The van der Waals surface area contributed by atoms with Crippen molar-refractivity contribution in [2.45, 2.75) is 40.2 Å². The molecule has 0 radical (unpaired) electrons. The van der Waals surface area contributed by atoms with Crippen molar-refractivity contribution in [3.63, 3.8) is 0 Å². The van der Waals surface area contributed by atoms with Crippen molar-refractivity contribution < 1.29 is 4.74 Å². The van der Waals surface area contributed by atoms with Gasteiger partial charge in [0, 0.05) is 0 Å². The van der Waals surface area contributed by atoms with Crippen molar-refractivity contribution in [3.8, 4) is 0 Å². The summed E-state index contributed by atoms with van der Waals surface area (Å²) < 4.78 is 5.39. The summed E-state index contributed by atoms with van der Waals surface area (Å²) in [5.74, 6) is 1.52. The van der Waals surface area contributed by atoms with Crippen LogP contribution < -0.4 is 0 Å². The number of allylic oxidation sites excluding steroid dienone is 1. The first-order valence-electron chi connectivity index (χ1n) is 4.95. The lowest BCUT2D eigenvalue weighted by Crippen LogP contribution is -1.99. The molecule has 74 valence electrons. The fraction of sp³-hybridized carbons (Fsp3) is 0.727. The maximum absolute atomic E-state index is 5.39. The highest BCUT2D eigenvalue weighted by atomic mass is 16.5. The van der Waals surface area contributed by atoms with E-state index in [2.05, 4.69) is 38.8 Å². The van der Waals surface area contributed by atoms with E-state index in [0.717, 1.165) is 18.9 Å². The number of nitrogens with zero attached hydrogens (tertiary/aromatic N) is 1. The average molecular weight is 181 g/mol. The Labute approximate surface area is 80.7 Å². The molecule has 0 saturated heterocycles. The number of hydrogen-bond donors (Lipinski definition) is 0. The lowest BCUT2D eigenvalue weighted by molar-refractivity contribution is 0.325. The number of hydrogen-bond acceptors (Lipinski definition) is 2. The zero-order chi connectivity index (χ0) is 9.84. The molecule has 0 fully saturated rings. The number of aliphatic imine (C=N–C) groups is 1. The van der Waals surface area contributed by atoms with E-state index in [-0.39, 0.29) is 0 Å². The third kappa shape index (κ3) is 3.62. The predicted octanol–water partition coefficient (Wildman–Crippen LogP) is 2.80. The minimum atomic E-state index is 0.332. The van der Waals surface area contributed by atoms with Gasteiger partial charge >= 0.3 is 0 Å². The van der Waals surface area contributed by atoms with Crippen molar-refractivity contribution in [2.24, 2.45) is 10.9 Å². The average Bonchev–Trinajstić information content (AvgIpc) is 2.33. The molecule has 0 bridgehead atoms. The van der Waals surface area contributed by atoms with Crippen molar-refractivity contribution in [1.29, 1.82) is 0 Å². The van der Waals surface area contributed by atoms with Gasteiger partial charge in [0.25, 0.3) is 0 Å². The molecule has 0 aromatic carbocycles. The topological polar surface area (TPSA) is 21.6 Å². The first kappa shape index (κ1) is 10.3. The predicted molar refractivity (Wildman–Crippen MR) is 56.1 cm³/mol. The highest BCUT2D eigenvalue weighted by Gasteiger charge is 2.11. The molecule has 1 atom stereocenters. The largest absolute Gasteiger partial charge is 0.476 e. The minimum absolute atomic E-state index is 0.332. The smallest absolute Gasteiger partial charge is 0.208 e. The molecular weight excluding hydrogens is 162 g/mol. The Kier molecular flexibility index (Phi) is 3.52. The zero-order valence-corrected chi connectivity index (χ0v) is 9.00. The van der Waals surface area contributed by atoms with Crippen LogP contribution in [0.15, 0.2) is 16.6 Å². The first-order valence-corrected chi connectivity index (χ1v) is 4.95. The van der Waals surface area contributed by atoms with Gasteiger partial charge in [0.15, 0.2) is 0 Å². The highest BCUT2D eigenvalue weighted by Crippen LogP contribution is 2.12. The van der Waals surface area contributed by atoms with E-state index in [1.807, 2.05) is 0 Å². The van der Waals surface area contributed by atoms with E-state index < -0.39 is 0 Å². The normalized spacial score (nSPS) is 23.3. The molecule has 0 N–H and O–H groups in total. The van der Waals surface area contributed by atoms with Crippen molar-refractivity contribution in [2.75, 3.05) is 6.61 Å². The van der Waals surface area contributed by atoms with Crippen LogP contribution in [0.1, 0.15) is 34.1 Å². The molecule has 1 aliphatic rings. The van der Waals surface area contributed by atoms with Crippen LogP contribution in [-0.2, 0) is 4.74 Å². The Balaban J connectivity index is 2.50. The van der Waals surface area contributed by atoms with Gasteiger partial charge in [-0.05, 0) is 32.3 Å². The van der Waals surface area contributed by atoms with Gasteiger partial charge in [-0.2, -0.15) is 0 Å². The zero-order valence-electron chi connectivity index (χ0n) is 9.00. The van der Waals surface area contributed by atoms with Crippen molar-refractivity contribution in [1.82, 2.24) is 0 Å². The third-order valence-corrected chi connectivity index (χ3v) is 1.92. The summed E-state index contributed by atoms with van der Waals surface area (Å²) in [7, 11) is 0. The molecule has 1 unspecified atom stereocenters. The van der Waals surface area contributed by atoms with Crippen LogP contribution in [0.5, 0.6) is 0 Å². The summed E-state index contributed by atoms with van der Waals surface area (Å²) in [6.45, 7) is 9.38. The van der Waals surface area contributed by atoms with E-state index in [9.17, 15) is 0 Å². The van der Waals surface area contributed by atoms with Gasteiger partial charge in [-0.3, -0.25) is 0 Å². The molecule has 0 saturated carbocycles. The van der Waals surface area contributed by atoms with E-state index in [1.165, 1.54) is 5.57 Å². The van der Waals surface area contributed by atoms with Gasteiger partial charge in [-0.15, -0.1) is 0 Å². The molecule has 1 rings (SSSR count). The lowest BCUT2D eigenvalue weighted by atomic mass is 10.0. The Morgan fingerprint density at radius 1 is 1.69 bits per heavy atom. The molecule has 0 amide bonds. The SMILES string of the molecule is CC(=CC1=NC(C)CO1)CC(C)C. The van der Waals surface area contributed by atoms with Crippen LogP contribution in [0.2, 0.25) is 0 Å². The summed E-state index contributed by atoms with van der Waals surface area (Å²) in [4.78, 5) is 4.35. The number of ether oxygens (including phenoxy) is 1. The summed E-state index contributed by atoms with van der Waals surface area (Å²) in [6, 6.07) is 0.332. The van der Waals surface area contributed by atoms with Crippen LogP contribution >= 0.6 is 0 Å². The van der Waals surface area contributed by atoms with Crippen LogP contribution in [0, 0.1) is 5.92 Å². The fourth-order valence-corrected chi connectivity index (χ4v) is 1.49. The second-order valence-corrected chi connectivity index (χ2v) is 4.22. The maximum atomic E-state index is 5.39. The van der Waals surface area contributed by atoms with Gasteiger partial charge in [0.05, 0.1) is 6.04 Å². The highest BCUT2D eigenvalue weighted by molar-refractivity contribution is 5.89. The molecule has 0 spiro atoms. The summed E-state index contributed by atoms with van der Waals surface area (Å²) in [6.07, 6.45) is 3.18. The standard InChI is InChI=1S/C11H19NO/c1-8(2)5-9(3)6-11-12-10(4)7-13-11/h6,8,10H,5,7H2,1-4H3. The van der Waals surface area contributed by atoms with Crippen LogP contribution in [0.25, 0.3) is 0 Å². The van der Waals surface area contributed by atoms with Gasteiger partial charge in [0.2, 0.25) is 5.90 Å². The first-order chi connectivity index (χ1) is 6.08. The Hall–Kier alpha value is -0.790. The third-order valence-electron chi connectivity index (χ3n) is 1.92. The summed E-state index contributed by atoms with van der Waals surface area (Å²) >= 11 is 0. The van der Waals surface area contributed by atoms with Gasteiger partial charge in [-0.1, -0.05) is 19.4 Å². The second-order valence-electron chi connectivity index (χ2n) is 4.22. The van der Waals surface area contributed by atoms with Crippen LogP contribution in [0.4, 0.5) is 0 Å². The molecule has 2 nitrogen and oxygen atoms in total. The Morgan fingerprint density at radius 2 is 2.38 bits per heavy atom. The monoisotopic (exact) mass is 181 g/mol. The van der Waals surface area contributed by atoms with E-state index in [0.29, 0.717) is 12.0 Å². The molecular formula is C11H19NO. The molecule has 0 aliphatic carbocycles. The Bertz CT molecular complexity index is 228. The van der Waals surface area contributed by atoms with Gasteiger partial charge in [-0.25, -0.2) is 4.99 Å². The summed E-state index contributed by atoms with van der Waals surface area (Å²) in [5.41, 5.74) is 1.35. The van der Waals surface area contributed by atoms with Gasteiger partial charge < -0.3 is 4.74 Å². The van der Waals surface area contributed by atoms with Gasteiger partial charge in [0.1, 0.15) is 6.61 Å². The van der Waals surface area contributed by atoms with Crippen LogP contribution in [-0.4, -0.2) is 18.5 Å². The molecule has 1 aliphatic heterocycles. The summed E-state index contributed by atoms with van der Waals surface area (Å²) in [5, 5.41) is 0. The molecule has 0 aromatic rings. The van der Waals surface area contributed by atoms with Crippen molar-refractivity contribution >= 4 is 5.90 Å². The number of rotatable bonds is 3. The minimum Gasteiger partial charge on any atom is -0.476 e. The van der Waals surface area contributed by atoms with Crippen molar-refractivity contribution in [3.05, 3.63) is 11.6 Å². The second kappa shape index (κ2) is 4.45. The molecule has 1 heterocycles.